The van der Waals surface area contributed by atoms with Crippen LogP contribution in [0.15, 0.2) is 24.2 Å². The van der Waals surface area contributed by atoms with Crippen molar-refractivity contribution in [3.8, 4) is 5.75 Å². The Morgan fingerprint density at radius 1 is 1.48 bits per heavy atom. The van der Waals surface area contributed by atoms with Crippen molar-refractivity contribution < 1.29 is 23.5 Å². The highest BCUT2D eigenvalue weighted by atomic mass is 19.1. The highest BCUT2D eigenvalue weighted by Crippen LogP contribution is 2.18. The molecule has 2 N–H and O–H groups in total. The number of carbonyl (C=O) groups is 2. The first-order valence-electron chi connectivity index (χ1n) is 7.93. The van der Waals surface area contributed by atoms with Crippen molar-refractivity contribution in [2.75, 3.05) is 19.7 Å². The Morgan fingerprint density at radius 2 is 2.24 bits per heavy atom. The first kappa shape index (κ1) is 18.7. The van der Waals surface area contributed by atoms with Gasteiger partial charge in [-0.1, -0.05) is 0 Å². The second-order valence-electron chi connectivity index (χ2n) is 6.60. The van der Waals surface area contributed by atoms with Gasteiger partial charge in [-0.15, -0.1) is 0 Å². The second kappa shape index (κ2) is 7.96. The van der Waals surface area contributed by atoms with Crippen molar-refractivity contribution in [3.63, 3.8) is 0 Å². The molecule has 25 heavy (non-hydrogen) atoms. The number of fused-ring (bicyclic) bond motifs is 1. The van der Waals surface area contributed by atoms with E-state index in [-0.39, 0.29) is 24.6 Å². The molecule has 0 bridgehead atoms. The normalized spacial score (nSPS) is 14.4. The van der Waals surface area contributed by atoms with Crippen molar-refractivity contribution in [3.05, 3.63) is 35.4 Å². The molecule has 0 aliphatic carbocycles. The van der Waals surface area contributed by atoms with Gasteiger partial charge in [0.1, 0.15) is 23.7 Å². The number of aromatic nitrogens is 1. The summed E-state index contributed by atoms with van der Waals surface area (Å²) >= 11 is 0. The molecular weight excluding hydrogens is 329 g/mol. The van der Waals surface area contributed by atoms with Crippen LogP contribution in [-0.2, 0) is 11.2 Å². The average molecular weight is 351 g/mol. The Morgan fingerprint density at radius 3 is 2.92 bits per heavy atom. The van der Waals surface area contributed by atoms with Crippen LogP contribution >= 0.6 is 0 Å². The molecule has 1 aliphatic heterocycles. The molecular formula is C17H22FN3O4. The van der Waals surface area contributed by atoms with Crippen LogP contribution in [0, 0.1) is 0 Å². The Labute approximate surface area is 145 Å². The highest BCUT2D eigenvalue weighted by Gasteiger charge is 2.19. The van der Waals surface area contributed by atoms with Gasteiger partial charge < -0.3 is 20.1 Å². The van der Waals surface area contributed by atoms with E-state index in [0.717, 1.165) is 5.56 Å². The molecule has 0 radical (unpaired) electrons. The second-order valence-corrected chi connectivity index (χ2v) is 6.60. The van der Waals surface area contributed by atoms with Gasteiger partial charge in [0, 0.05) is 18.7 Å². The molecule has 7 nitrogen and oxygen atoms in total. The van der Waals surface area contributed by atoms with Crippen LogP contribution in [-0.4, -0.2) is 42.3 Å². The summed E-state index contributed by atoms with van der Waals surface area (Å²) in [6.45, 7) is 5.68. The fourth-order valence-electron chi connectivity index (χ4n) is 2.15. The standard InChI is InChI=1S/C17H22FN3O4/c1-17(2,3)25-16(23)21-8-11(7-18)10-24-13-6-12-4-5-19-15(22)14(12)20-9-13/h6-7,9H,4-5,8,10H2,1-3H3,(H,19,22)(H,21,23)/b11-7+. The van der Waals surface area contributed by atoms with Crippen LogP contribution in [0.2, 0.25) is 0 Å². The number of carbonyl (C=O) groups excluding carboxylic acids is 2. The summed E-state index contributed by atoms with van der Waals surface area (Å²) < 4.78 is 23.5. The number of pyridine rings is 1. The van der Waals surface area contributed by atoms with E-state index in [1.165, 1.54) is 6.20 Å². The largest absolute Gasteiger partial charge is 0.487 e. The highest BCUT2D eigenvalue weighted by molar-refractivity contribution is 5.94. The van der Waals surface area contributed by atoms with Crippen LogP contribution in [0.3, 0.4) is 0 Å². The van der Waals surface area contributed by atoms with E-state index in [0.29, 0.717) is 30.7 Å². The lowest BCUT2D eigenvalue weighted by molar-refractivity contribution is 0.0531. The van der Waals surface area contributed by atoms with Gasteiger partial charge >= 0.3 is 6.09 Å². The third-order valence-electron chi connectivity index (χ3n) is 3.27. The third kappa shape index (κ3) is 5.74. The smallest absolute Gasteiger partial charge is 0.407 e. The van der Waals surface area contributed by atoms with Gasteiger partial charge in [0.2, 0.25) is 0 Å². The predicted octanol–water partition coefficient (Wildman–Crippen LogP) is 2.12. The molecule has 1 aliphatic rings. The van der Waals surface area contributed by atoms with E-state index in [2.05, 4.69) is 15.6 Å². The summed E-state index contributed by atoms with van der Waals surface area (Å²) in [7, 11) is 0. The van der Waals surface area contributed by atoms with Crippen LogP contribution in [0.4, 0.5) is 9.18 Å². The number of alkyl carbamates (subject to hydrolysis) is 1. The monoisotopic (exact) mass is 351 g/mol. The minimum atomic E-state index is -0.631. The summed E-state index contributed by atoms with van der Waals surface area (Å²) in [6, 6.07) is 1.72. The number of hydrogen-bond donors (Lipinski definition) is 2. The van der Waals surface area contributed by atoms with Crippen LogP contribution in [0.25, 0.3) is 0 Å². The zero-order valence-corrected chi connectivity index (χ0v) is 14.5. The molecule has 136 valence electrons. The lowest BCUT2D eigenvalue weighted by Crippen LogP contribution is -2.34. The van der Waals surface area contributed by atoms with Gasteiger partial charge in [0.25, 0.3) is 5.91 Å². The molecule has 2 amide bonds. The number of amides is 2. The molecule has 1 aromatic rings. The quantitative estimate of drug-likeness (QED) is 0.848. The van der Waals surface area contributed by atoms with Crippen LogP contribution in [0.1, 0.15) is 36.8 Å². The number of ether oxygens (including phenoxy) is 2. The van der Waals surface area contributed by atoms with Crippen LogP contribution < -0.4 is 15.4 Å². The van der Waals surface area contributed by atoms with Crippen molar-refractivity contribution in [1.29, 1.82) is 0 Å². The van der Waals surface area contributed by atoms with E-state index in [4.69, 9.17) is 9.47 Å². The molecule has 0 saturated carbocycles. The molecule has 0 atom stereocenters. The number of nitrogens with one attached hydrogen (secondary N) is 2. The SMILES string of the molecule is CC(C)(C)OC(=O)NC/C(=C\F)COc1cnc2c(c1)CCNC2=O. The maximum absolute atomic E-state index is 13.0. The Balaban J connectivity index is 1.87. The molecule has 0 aromatic carbocycles. The summed E-state index contributed by atoms with van der Waals surface area (Å²) in [5, 5.41) is 5.17. The number of hydrogen-bond acceptors (Lipinski definition) is 5. The van der Waals surface area contributed by atoms with Gasteiger partial charge in [-0.2, -0.15) is 0 Å². The van der Waals surface area contributed by atoms with Crippen LogP contribution in [0.5, 0.6) is 5.75 Å². The molecule has 2 rings (SSSR count). The number of rotatable bonds is 5. The molecule has 0 spiro atoms. The van der Waals surface area contributed by atoms with Gasteiger partial charge in [-0.05, 0) is 38.8 Å². The molecule has 0 unspecified atom stereocenters. The lowest BCUT2D eigenvalue weighted by atomic mass is 10.1. The van der Waals surface area contributed by atoms with E-state index in [1.54, 1.807) is 26.8 Å². The van der Waals surface area contributed by atoms with Gasteiger partial charge in [-0.3, -0.25) is 4.79 Å². The molecule has 2 heterocycles. The minimum Gasteiger partial charge on any atom is -0.487 e. The van der Waals surface area contributed by atoms with E-state index in [1.807, 2.05) is 0 Å². The molecule has 0 saturated heterocycles. The summed E-state index contributed by atoms with van der Waals surface area (Å²) in [6.07, 6.45) is 1.84. The maximum Gasteiger partial charge on any atom is 0.407 e. The van der Waals surface area contributed by atoms with E-state index >= 15 is 0 Å². The fourth-order valence-corrected chi connectivity index (χ4v) is 2.15. The predicted molar refractivity (Wildman–Crippen MR) is 89.2 cm³/mol. The van der Waals surface area contributed by atoms with E-state index in [9.17, 15) is 14.0 Å². The van der Waals surface area contributed by atoms with Crippen molar-refractivity contribution >= 4 is 12.0 Å². The van der Waals surface area contributed by atoms with Gasteiger partial charge in [-0.25, -0.2) is 14.2 Å². The summed E-state index contributed by atoms with van der Waals surface area (Å²) in [5.41, 5.74) is 0.785. The van der Waals surface area contributed by atoms with E-state index < -0.39 is 11.7 Å². The Hall–Kier alpha value is -2.64. The first-order chi connectivity index (χ1) is 11.8. The minimum absolute atomic E-state index is 0.0355. The Bertz CT molecular complexity index is 683. The molecule has 0 fully saturated rings. The number of nitrogens with zero attached hydrogens (tertiary/aromatic N) is 1. The van der Waals surface area contributed by atoms with Gasteiger partial charge in [0.05, 0.1) is 12.5 Å². The topological polar surface area (TPSA) is 89.6 Å². The lowest BCUT2D eigenvalue weighted by Gasteiger charge is -2.20. The van der Waals surface area contributed by atoms with Gasteiger partial charge in [0.15, 0.2) is 0 Å². The average Bonchev–Trinajstić information content (AvgIpc) is 2.53. The maximum atomic E-state index is 13.0. The van der Waals surface area contributed by atoms with Crippen molar-refractivity contribution in [2.45, 2.75) is 32.8 Å². The zero-order chi connectivity index (χ0) is 18.4. The number of halogens is 1. The summed E-state index contributed by atoms with van der Waals surface area (Å²) in [4.78, 5) is 27.3. The summed E-state index contributed by atoms with van der Waals surface area (Å²) in [5.74, 6) is 0.226. The van der Waals surface area contributed by atoms with Crippen molar-refractivity contribution in [1.82, 2.24) is 15.6 Å². The van der Waals surface area contributed by atoms with Crippen molar-refractivity contribution in [2.24, 2.45) is 0 Å². The first-order valence-corrected chi connectivity index (χ1v) is 7.93. The molecule has 8 heteroatoms. The molecule has 1 aromatic heterocycles. The fraction of sp³-hybridized carbons (Fsp3) is 0.471. The third-order valence-corrected chi connectivity index (χ3v) is 3.27. The zero-order valence-electron chi connectivity index (χ0n) is 14.5. The Kier molecular flexibility index (Phi) is 5.95.